The molecule has 3 heteroatoms. The van der Waals surface area contributed by atoms with Crippen LogP contribution in [0.15, 0.2) is 0 Å². The summed E-state index contributed by atoms with van der Waals surface area (Å²) in [6.45, 7) is 6.72. The molecular weight excluding hydrogens is 190 g/mol. The van der Waals surface area contributed by atoms with Gasteiger partial charge in [0.15, 0.2) is 0 Å². The molecule has 0 aromatic rings. The Morgan fingerprint density at radius 1 is 1.13 bits per heavy atom. The van der Waals surface area contributed by atoms with Crippen molar-refractivity contribution in [2.24, 2.45) is 0 Å². The predicted octanol–water partition coefficient (Wildman–Crippen LogP) is 1.96. The second-order valence-electron chi connectivity index (χ2n) is 4.08. The highest BCUT2D eigenvalue weighted by Gasteiger charge is 2.16. The van der Waals surface area contributed by atoms with E-state index >= 15 is 0 Å². The summed E-state index contributed by atoms with van der Waals surface area (Å²) < 4.78 is 10.9. The van der Waals surface area contributed by atoms with Crippen molar-refractivity contribution < 1.29 is 9.47 Å². The summed E-state index contributed by atoms with van der Waals surface area (Å²) >= 11 is 0. The van der Waals surface area contributed by atoms with Crippen molar-refractivity contribution in [3.63, 3.8) is 0 Å². The molecule has 1 aliphatic rings. The van der Waals surface area contributed by atoms with E-state index < -0.39 is 0 Å². The Morgan fingerprint density at radius 2 is 2.00 bits per heavy atom. The molecule has 1 saturated carbocycles. The third kappa shape index (κ3) is 6.88. The van der Waals surface area contributed by atoms with Gasteiger partial charge in [-0.3, -0.25) is 0 Å². The SMILES string of the molecule is CCOCCCCNCCOC1CCC1. The number of hydrogen-bond acceptors (Lipinski definition) is 3. The zero-order valence-electron chi connectivity index (χ0n) is 9.96. The molecule has 3 nitrogen and oxygen atoms in total. The van der Waals surface area contributed by atoms with Gasteiger partial charge in [0.1, 0.15) is 0 Å². The van der Waals surface area contributed by atoms with Gasteiger partial charge in [-0.05, 0) is 45.6 Å². The molecule has 1 N–H and O–H groups in total. The molecular formula is C12H25NO2. The fraction of sp³-hybridized carbons (Fsp3) is 1.00. The minimum absolute atomic E-state index is 0.574. The van der Waals surface area contributed by atoms with Crippen molar-refractivity contribution in [1.29, 1.82) is 0 Å². The monoisotopic (exact) mass is 215 g/mol. The maximum atomic E-state index is 5.64. The summed E-state index contributed by atoms with van der Waals surface area (Å²) in [4.78, 5) is 0. The van der Waals surface area contributed by atoms with E-state index in [9.17, 15) is 0 Å². The Hall–Kier alpha value is -0.120. The standard InChI is InChI=1S/C12H25NO2/c1-2-14-10-4-3-8-13-9-11-15-12-6-5-7-12/h12-13H,2-11H2,1H3. The van der Waals surface area contributed by atoms with E-state index in [1.807, 2.05) is 6.92 Å². The minimum Gasteiger partial charge on any atom is -0.382 e. The molecule has 0 atom stereocenters. The number of rotatable bonds is 10. The lowest BCUT2D eigenvalue weighted by molar-refractivity contribution is 0.00429. The van der Waals surface area contributed by atoms with Crippen LogP contribution in [0.25, 0.3) is 0 Å². The Bertz CT molecular complexity index is 138. The minimum atomic E-state index is 0.574. The van der Waals surface area contributed by atoms with Crippen LogP contribution < -0.4 is 5.32 Å². The van der Waals surface area contributed by atoms with Gasteiger partial charge >= 0.3 is 0 Å². The fourth-order valence-corrected chi connectivity index (χ4v) is 1.56. The summed E-state index contributed by atoms with van der Waals surface area (Å²) in [6, 6.07) is 0. The molecule has 15 heavy (non-hydrogen) atoms. The molecule has 0 bridgehead atoms. The van der Waals surface area contributed by atoms with Crippen LogP contribution in [0.2, 0.25) is 0 Å². The Kier molecular flexibility index (Phi) is 7.88. The second-order valence-corrected chi connectivity index (χ2v) is 4.08. The number of nitrogens with one attached hydrogen (secondary N) is 1. The lowest BCUT2D eigenvalue weighted by Crippen LogP contribution is -2.27. The molecule has 90 valence electrons. The van der Waals surface area contributed by atoms with Crippen LogP contribution in [0.4, 0.5) is 0 Å². The zero-order valence-corrected chi connectivity index (χ0v) is 9.96. The summed E-state index contributed by atoms with van der Waals surface area (Å²) in [6.07, 6.45) is 6.83. The van der Waals surface area contributed by atoms with Crippen molar-refractivity contribution in [3.05, 3.63) is 0 Å². The molecule has 0 aromatic heterocycles. The fourth-order valence-electron chi connectivity index (χ4n) is 1.56. The lowest BCUT2D eigenvalue weighted by atomic mass is 9.96. The molecule has 0 heterocycles. The topological polar surface area (TPSA) is 30.5 Å². The third-order valence-corrected chi connectivity index (χ3v) is 2.78. The van der Waals surface area contributed by atoms with Gasteiger partial charge in [-0.2, -0.15) is 0 Å². The van der Waals surface area contributed by atoms with Crippen LogP contribution in [-0.2, 0) is 9.47 Å². The molecule has 0 saturated heterocycles. The van der Waals surface area contributed by atoms with Gasteiger partial charge < -0.3 is 14.8 Å². The highest BCUT2D eigenvalue weighted by atomic mass is 16.5. The van der Waals surface area contributed by atoms with Gasteiger partial charge in [0, 0.05) is 19.8 Å². The molecule has 1 aliphatic carbocycles. The van der Waals surface area contributed by atoms with Gasteiger partial charge in [0.2, 0.25) is 0 Å². The van der Waals surface area contributed by atoms with Crippen molar-refractivity contribution in [2.75, 3.05) is 32.9 Å². The largest absolute Gasteiger partial charge is 0.382 e. The van der Waals surface area contributed by atoms with Crippen LogP contribution in [-0.4, -0.2) is 39.0 Å². The first-order valence-electron chi connectivity index (χ1n) is 6.33. The van der Waals surface area contributed by atoms with Crippen LogP contribution in [0, 0.1) is 0 Å². The van der Waals surface area contributed by atoms with Gasteiger partial charge in [-0.15, -0.1) is 0 Å². The maximum absolute atomic E-state index is 5.64. The van der Waals surface area contributed by atoms with Crippen LogP contribution in [0.3, 0.4) is 0 Å². The van der Waals surface area contributed by atoms with Gasteiger partial charge in [0.25, 0.3) is 0 Å². The summed E-state index contributed by atoms with van der Waals surface area (Å²) in [5, 5.41) is 3.39. The molecule has 0 aromatic carbocycles. The van der Waals surface area contributed by atoms with Crippen LogP contribution >= 0.6 is 0 Å². The first-order valence-corrected chi connectivity index (χ1v) is 6.33. The van der Waals surface area contributed by atoms with Gasteiger partial charge in [-0.1, -0.05) is 0 Å². The van der Waals surface area contributed by atoms with E-state index in [1.54, 1.807) is 0 Å². The quantitative estimate of drug-likeness (QED) is 0.565. The summed E-state index contributed by atoms with van der Waals surface area (Å²) in [7, 11) is 0. The maximum Gasteiger partial charge on any atom is 0.0594 e. The van der Waals surface area contributed by atoms with E-state index in [2.05, 4.69) is 5.32 Å². The lowest BCUT2D eigenvalue weighted by Gasteiger charge is -2.25. The average molecular weight is 215 g/mol. The van der Waals surface area contributed by atoms with Crippen molar-refractivity contribution in [2.45, 2.75) is 45.1 Å². The third-order valence-electron chi connectivity index (χ3n) is 2.78. The Labute approximate surface area is 93.5 Å². The normalized spacial score (nSPS) is 16.6. The Morgan fingerprint density at radius 3 is 2.67 bits per heavy atom. The molecule has 1 rings (SSSR count). The first kappa shape index (κ1) is 12.9. The summed E-state index contributed by atoms with van der Waals surface area (Å²) in [5.41, 5.74) is 0. The molecule has 0 spiro atoms. The first-order chi connectivity index (χ1) is 7.43. The van der Waals surface area contributed by atoms with Crippen LogP contribution in [0.1, 0.15) is 39.0 Å². The number of unbranched alkanes of at least 4 members (excludes halogenated alkanes) is 1. The van der Waals surface area contributed by atoms with Crippen molar-refractivity contribution in [1.82, 2.24) is 5.32 Å². The smallest absolute Gasteiger partial charge is 0.0594 e. The number of ether oxygens (including phenoxy) is 2. The molecule has 1 fully saturated rings. The van der Waals surface area contributed by atoms with E-state index in [-0.39, 0.29) is 0 Å². The van der Waals surface area contributed by atoms with E-state index in [1.165, 1.54) is 25.7 Å². The predicted molar refractivity (Wildman–Crippen MR) is 62.2 cm³/mol. The second kappa shape index (κ2) is 9.13. The zero-order chi connectivity index (χ0) is 10.8. The van der Waals surface area contributed by atoms with E-state index in [0.717, 1.165) is 39.3 Å². The van der Waals surface area contributed by atoms with E-state index in [0.29, 0.717) is 6.10 Å². The van der Waals surface area contributed by atoms with Crippen LogP contribution in [0.5, 0.6) is 0 Å². The van der Waals surface area contributed by atoms with Crippen molar-refractivity contribution in [3.8, 4) is 0 Å². The highest BCUT2D eigenvalue weighted by molar-refractivity contribution is 4.69. The summed E-state index contributed by atoms with van der Waals surface area (Å²) in [5.74, 6) is 0. The Balaban J connectivity index is 1.66. The van der Waals surface area contributed by atoms with Gasteiger partial charge in [-0.25, -0.2) is 0 Å². The van der Waals surface area contributed by atoms with E-state index in [4.69, 9.17) is 9.47 Å². The molecule has 0 unspecified atom stereocenters. The number of hydrogen-bond donors (Lipinski definition) is 1. The molecule has 0 aliphatic heterocycles. The molecule has 0 radical (unpaired) electrons. The average Bonchev–Trinajstić information content (AvgIpc) is 2.18. The molecule has 0 amide bonds. The van der Waals surface area contributed by atoms with Gasteiger partial charge in [0.05, 0.1) is 12.7 Å². The highest BCUT2D eigenvalue weighted by Crippen LogP contribution is 2.21. The van der Waals surface area contributed by atoms with Crippen molar-refractivity contribution >= 4 is 0 Å².